The van der Waals surface area contributed by atoms with Gasteiger partial charge in [-0.05, 0) is 47.4 Å². The number of ether oxygens (including phenoxy) is 2. The summed E-state index contributed by atoms with van der Waals surface area (Å²) < 4.78 is 12.1. The van der Waals surface area contributed by atoms with Crippen LogP contribution in [0, 0.1) is 27.6 Å². The van der Waals surface area contributed by atoms with Crippen LogP contribution in [0.1, 0.15) is 76.4 Å². The average Bonchev–Trinajstić information content (AvgIpc) is 3.66. The Morgan fingerprint density at radius 1 is 1.00 bits per heavy atom. The minimum absolute atomic E-state index is 0.0148. The van der Waals surface area contributed by atoms with Crippen molar-refractivity contribution in [3.8, 4) is 11.8 Å². The zero-order chi connectivity index (χ0) is 46.6. The van der Waals surface area contributed by atoms with E-state index in [-0.39, 0.29) is 37.6 Å². The summed E-state index contributed by atoms with van der Waals surface area (Å²) in [5, 5.41) is 30.4. The van der Waals surface area contributed by atoms with Crippen LogP contribution in [0.25, 0.3) is 0 Å². The summed E-state index contributed by atoms with van der Waals surface area (Å²) in [6, 6.07) is 15.5. The molecule has 344 valence electrons. The molecule has 0 radical (unpaired) electrons. The lowest BCUT2D eigenvalue weighted by atomic mass is 9.49. The van der Waals surface area contributed by atoms with E-state index in [0.29, 0.717) is 53.2 Å². The number of nitrogens with zero attached hydrogens (tertiary/aromatic N) is 5. The van der Waals surface area contributed by atoms with Crippen molar-refractivity contribution in [3.05, 3.63) is 87.5 Å². The molecule has 0 unspecified atom stereocenters. The number of aliphatic hydroxyl groups excluding tert-OH is 1. The third-order valence-corrected chi connectivity index (χ3v) is 12.9. The molecule has 4 amide bonds. The molecule has 1 aromatic heterocycles. The molecule has 0 spiro atoms. The summed E-state index contributed by atoms with van der Waals surface area (Å²) in [7, 11) is 0. The van der Waals surface area contributed by atoms with Crippen molar-refractivity contribution in [2.45, 2.75) is 91.9 Å². The number of hydrazine groups is 1. The van der Waals surface area contributed by atoms with Gasteiger partial charge in [-0.15, -0.1) is 0 Å². The summed E-state index contributed by atoms with van der Waals surface area (Å²) in [6.45, 7) is 17.4. The summed E-state index contributed by atoms with van der Waals surface area (Å²) in [5.74, 6) is -0.349. The van der Waals surface area contributed by atoms with Crippen LogP contribution in [-0.2, 0) is 25.7 Å². The standard InChI is InChI=1S/C46H59Cl2N9O7/c1-44(2,3)38(41(62)57-34(23-36(58)54-57)40(61)51-25-28-8-12-31(47)13-9-28)52-37(59)27-63-21-20-55-16-18-56(19-17-55)35-15-11-30(26-50-35)39(60)53-42-45(4,5)43(46(42,6)7)64-32-14-10-29(24-49)33(48)22-32/h8-15,22,26,34,36,38,42-43,54,58H,16-21,23,25,27H2,1-7H3,(H,51,61)(H,52,59)(H,53,60)/t34-,36+,38+,42-,43-/m0/s1. The lowest BCUT2D eigenvalue weighted by molar-refractivity contribution is -0.164. The van der Waals surface area contributed by atoms with Crippen LogP contribution < -0.4 is 31.0 Å². The molecule has 64 heavy (non-hydrogen) atoms. The highest BCUT2D eigenvalue weighted by atomic mass is 35.5. The van der Waals surface area contributed by atoms with E-state index in [0.717, 1.165) is 29.5 Å². The number of piperazine rings is 1. The molecule has 1 saturated carbocycles. The smallest absolute Gasteiger partial charge is 0.260 e. The molecule has 16 nitrogen and oxygen atoms in total. The molecular weight excluding hydrogens is 861 g/mol. The highest BCUT2D eigenvalue weighted by Gasteiger charge is 2.64. The Morgan fingerprint density at radius 3 is 2.30 bits per heavy atom. The Morgan fingerprint density at radius 2 is 1.69 bits per heavy atom. The highest BCUT2D eigenvalue weighted by molar-refractivity contribution is 6.31. The van der Waals surface area contributed by atoms with E-state index in [2.05, 4.69) is 69.9 Å². The molecule has 6 rings (SSSR count). The first kappa shape index (κ1) is 48.4. The fraction of sp³-hybridized carbons (Fsp3) is 0.522. The Labute approximate surface area is 384 Å². The van der Waals surface area contributed by atoms with Crippen LogP contribution in [0.3, 0.4) is 0 Å². The number of anilines is 1. The van der Waals surface area contributed by atoms with Gasteiger partial charge in [0.1, 0.15) is 48.7 Å². The number of hydrogen-bond donors (Lipinski definition) is 5. The van der Waals surface area contributed by atoms with Crippen molar-refractivity contribution in [3.63, 3.8) is 0 Å². The van der Waals surface area contributed by atoms with Gasteiger partial charge < -0.3 is 35.4 Å². The Balaban J connectivity index is 0.916. The van der Waals surface area contributed by atoms with Gasteiger partial charge >= 0.3 is 0 Å². The number of carbonyl (C=O) groups excluding carboxylic acids is 4. The van der Waals surface area contributed by atoms with Gasteiger partial charge in [0.25, 0.3) is 11.8 Å². The van der Waals surface area contributed by atoms with E-state index < -0.39 is 52.3 Å². The molecule has 3 heterocycles. The Bertz CT molecular complexity index is 2190. The topological polar surface area (TPSA) is 201 Å². The summed E-state index contributed by atoms with van der Waals surface area (Å²) in [5.41, 5.74) is 2.82. The minimum Gasteiger partial charge on any atom is -0.489 e. The molecule has 1 aliphatic carbocycles. The number of carbonyl (C=O) groups is 4. The SMILES string of the molecule is CC(C)(C)[C@H](NC(=O)COCCN1CCN(c2ccc(C(=O)N[C@H]3C(C)(C)[C@H](Oc4ccc(C#N)c(Cl)c4)C3(C)C)cn2)CC1)C(=O)N1N[C@H](O)C[C@H]1C(=O)NCc1ccc(Cl)cc1. The lowest BCUT2D eigenvalue weighted by Gasteiger charge is -2.63. The molecule has 5 N–H and O–H groups in total. The van der Waals surface area contributed by atoms with Crippen LogP contribution in [-0.4, -0.2) is 120 Å². The maximum absolute atomic E-state index is 13.8. The van der Waals surface area contributed by atoms with Crippen LogP contribution in [0.2, 0.25) is 10.0 Å². The summed E-state index contributed by atoms with van der Waals surface area (Å²) >= 11 is 12.2. The second-order valence-electron chi connectivity index (χ2n) is 18.9. The fourth-order valence-corrected chi connectivity index (χ4v) is 9.38. The number of aliphatic hydroxyl groups is 1. The van der Waals surface area contributed by atoms with Crippen molar-refractivity contribution in [2.24, 2.45) is 16.2 Å². The first-order valence-corrected chi connectivity index (χ1v) is 22.2. The van der Waals surface area contributed by atoms with Crippen LogP contribution in [0.15, 0.2) is 60.8 Å². The van der Waals surface area contributed by atoms with Crippen molar-refractivity contribution >= 4 is 52.6 Å². The van der Waals surface area contributed by atoms with Gasteiger partial charge in [-0.2, -0.15) is 5.26 Å². The largest absolute Gasteiger partial charge is 0.489 e. The van der Waals surface area contributed by atoms with E-state index in [1.807, 2.05) is 6.07 Å². The van der Waals surface area contributed by atoms with E-state index in [1.165, 1.54) is 0 Å². The fourth-order valence-electron chi connectivity index (χ4n) is 9.04. The van der Waals surface area contributed by atoms with Crippen LogP contribution in [0.5, 0.6) is 5.75 Å². The number of amides is 4. The predicted octanol–water partition coefficient (Wildman–Crippen LogP) is 4.28. The normalized spacial score (nSPS) is 22.1. The lowest BCUT2D eigenvalue weighted by Crippen LogP contribution is -2.74. The molecule has 3 aliphatic rings. The molecule has 2 saturated heterocycles. The molecule has 3 atom stereocenters. The van der Waals surface area contributed by atoms with Crippen LogP contribution in [0.4, 0.5) is 5.82 Å². The van der Waals surface area contributed by atoms with E-state index in [9.17, 15) is 29.5 Å². The first-order valence-electron chi connectivity index (χ1n) is 21.5. The molecule has 2 aromatic carbocycles. The van der Waals surface area contributed by atoms with Crippen molar-refractivity contribution in [2.75, 3.05) is 50.8 Å². The maximum atomic E-state index is 13.8. The Kier molecular flexibility index (Phi) is 15.1. The average molecular weight is 921 g/mol. The number of rotatable bonds is 15. The molecule has 3 fully saturated rings. The number of hydrogen-bond acceptors (Lipinski definition) is 12. The maximum Gasteiger partial charge on any atom is 0.260 e. The van der Waals surface area contributed by atoms with E-state index in [1.54, 1.807) is 75.5 Å². The highest BCUT2D eigenvalue weighted by Crippen LogP contribution is 2.55. The van der Waals surface area contributed by atoms with Gasteiger partial charge in [0, 0.05) is 79.8 Å². The van der Waals surface area contributed by atoms with E-state index >= 15 is 0 Å². The number of nitrogens with one attached hydrogen (secondary N) is 4. The predicted molar refractivity (Wildman–Crippen MR) is 242 cm³/mol. The van der Waals surface area contributed by atoms with E-state index in [4.69, 9.17) is 32.7 Å². The molecule has 2 aliphatic heterocycles. The third-order valence-electron chi connectivity index (χ3n) is 12.3. The van der Waals surface area contributed by atoms with Crippen LogP contribution >= 0.6 is 23.2 Å². The van der Waals surface area contributed by atoms with Gasteiger partial charge in [-0.1, -0.05) is 83.8 Å². The second-order valence-corrected chi connectivity index (χ2v) is 19.7. The van der Waals surface area contributed by atoms with Gasteiger partial charge in [-0.3, -0.25) is 29.1 Å². The minimum atomic E-state index is -1.12. The monoisotopic (exact) mass is 919 g/mol. The number of aromatic nitrogens is 1. The van der Waals surface area contributed by atoms with Crippen molar-refractivity contribution in [1.29, 1.82) is 5.26 Å². The zero-order valence-electron chi connectivity index (χ0n) is 37.4. The number of nitriles is 1. The van der Waals surface area contributed by atoms with Gasteiger partial charge in [-0.25, -0.2) is 10.4 Å². The molecule has 18 heteroatoms. The van der Waals surface area contributed by atoms with Crippen molar-refractivity contribution < 1.29 is 33.8 Å². The van der Waals surface area contributed by atoms with Gasteiger partial charge in [0.2, 0.25) is 11.8 Å². The van der Waals surface area contributed by atoms with Gasteiger partial charge in [0.05, 0.1) is 22.8 Å². The second kappa shape index (κ2) is 20.0. The third kappa shape index (κ3) is 11.3. The van der Waals surface area contributed by atoms with Gasteiger partial charge in [0.15, 0.2) is 0 Å². The summed E-state index contributed by atoms with van der Waals surface area (Å²) in [6.07, 6.45) is 0.247. The number of benzene rings is 2. The number of halogens is 2. The molecule has 3 aromatic rings. The molecular formula is C46H59Cl2N9O7. The molecule has 0 bridgehead atoms. The van der Waals surface area contributed by atoms with Crippen molar-refractivity contribution in [1.82, 2.24) is 36.3 Å². The first-order chi connectivity index (χ1) is 30.2. The number of pyridine rings is 1. The Hall–Kier alpha value is -5.02. The quantitative estimate of drug-likeness (QED) is 0.136. The summed E-state index contributed by atoms with van der Waals surface area (Å²) in [4.78, 5) is 62.6. The zero-order valence-corrected chi connectivity index (χ0v) is 38.9.